The highest BCUT2D eigenvalue weighted by Gasteiger charge is 2.23. The summed E-state index contributed by atoms with van der Waals surface area (Å²) in [5.41, 5.74) is 16.8. The summed E-state index contributed by atoms with van der Waals surface area (Å²) in [7, 11) is 4.05. The van der Waals surface area contributed by atoms with Crippen molar-refractivity contribution in [2.75, 3.05) is 5.32 Å². The second kappa shape index (κ2) is 16.1. The molecular weight excluding hydrogens is 655 g/mol. The Morgan fingerprint density at radius 1 is 0.889 bits per heavy atom. The Hall–Kier alpha value is -5.74. The number of aryl methyl sites for hydroxylation is 3. The van der Waals surface area contributed by atoms with E-state index in [1.165, 1.54) is 49.9 Å². The van der Waals surface area contributed by atoms with Crippen molar-refractivity contribution in [1.29, 1.82) is 0 Å². The van der Waals surface area contributed by atoms with Crippen LogP contribution in [0.5, 0.6) is 0 Å². The van der Waals surface area contributed by atoms with Gasteiger partial charge in [0.25, 0.3) is 0 Å². The minimum atomic E-state index is 0.234. The molecule has 1 aliphatic rings. The van der Waals surface area contributed by atoms with Gasteiger partial charge in [0.15, 0.2) is 0 Å². The molecule has 5 aromatic rings. The third kappa shape index (κ3) is 7.13. The number of benzene rings is 4. The molecule has 0 amide bonds. The van der Waals surface area contributed by atoms with Gasteiger partial charge in [-0.2, -0.15) is 0 Å². The third-order valence-electron chi connectivity index (χ3n) is 11.0. The lowest BCUT2D eigenvalue weighted by Gasteiger charge is -2.23. The minimum absolute atomic E-state index is 0.234. The summed E-state index contributed by atoms with van der Waals surface area (Å²) in [6.45, 7) is 19.8. The van der Waals surface area contributed by atoms with E-state index in [0.29, 0.717) is 5.76 Å². The van der Waals surface area contributed by atoms with Crippen LogP contribution in [-0.4, -0.2) is 17.5 Å². The standard InChI is InChI=1S/C50H53BN2O/c1-10-19-40(46-34(6)35(7)48-47(36(46)8)44(31(2)3)49(53(48)9)50(54)33(5)30-51)28-32(4)45-42(38-22-15-12-16-23-38)26-18-27-43(45)52-41-25-17-24-39(29-41)37-20-13-11-14-21-37/h10-22,24-30,38,52,54H,4,23,51H2,1-3,5-9H3/b19-10-,33-30+,40-28+,50-49-. The second-order valence-corrected chi connectivity index (χ2v) is 14.7. The largest absolute Gasteiger partial charge is 0.506 e. The highest BCUT2D eigenvalue weighted by Crippen LogP contribution is 2.40. The van der Waals surface area contributed by atoms with Gasteiger partial charge in [-0.05, 0) is 135 Å². The first kappa shape index (κ1) is 38.0. The molecule has 54 heavy (non-hydrogen) atoms. The van der Waals surface area contributed by atoms with Gasteiger partial charge in [-0.15, -0.1) is 5.98 Å². The first-order valence-corrected chi connectivity index (χ1v) is 19.0. The van der Waals surface area contributed by atoms with Crippen molar-refractivity contribution in [1.82, 2.24) is 4.57 Å². The monoisotopic (exact) mass is 708 g/mol. The molecule has 0 aliphatic heterocycles. The molecular formula is C50H53BN2O. The molecule has 2 N–H and O–H groups in total. The fourth-order valence-electron chi connectivity index (χ4n) is 8.14. The zero-order chi connectivity index (χ0) is 38.7. The first-order chi connectivity index (χ1) is 26.0. The lowest BCUT2D eigenvalue weighted by molar-refractivity contribution is 0.500. The Bertz CT molecular complexity index is 2550. The Kier molecular flexibility index (Phi) is 11.3. The molecule has 0 saturated heterocycles. The van der Waals surface area contributed by atoms with Crippen molar-refractivity contribution in [3.8, 4) is 11.1 Å². The van der Waals surface area contributed by atoms with Gasteiger partial charge in [-0.25, -0.2) is 0 Å². The number of anilines is 2. The summed E-state index contributed by atoms with van der Waals surface area (Å²) in [5.74, 6) is 2.52. The highest BCUT2D eigenvalue weighted by molar-refractivity contribution is 6.18. The molecule has 1 aliphatic carbocycles. The predicted molar refractivity (Wildman–Crippen MR) is 239 cm³/mol. The van der Waals surface area contributed by atoms with Gasteiger partial charge in [0.05, 0.1) is 10.9 Å². The zero-order valence-corrected chi connectivity index (χ0v) is 33.4. The first-order valence-electron chi connectivity index (χ1n) is 19.0. The lowest BCUT2D eigenvalue weighted by Crippen LogP contribution is -2.32. The van der Waals surface area contributed by atoms with Gasteiger partial charge < -0.3 is 15.0 Å². The van der Waals surface area contributed by atoms with Crippen LogP contribution in [0, 0.1) is 20.8 Å². The van der Waals surface area contributed by atoms with Gasteiger partial charge in [0.2, 0.25) is 0 Å². The summed E-state index contributed by atoms with van der Waals surface area (Å²) in [4.78, 5) is 0. The molecule has 0 saturated carbocycles. The van der Waals surface area contributed by atoms with E-state index in [1.807, 2.05) is 20.7 Å². The molecule has 0 spiro atoms. The van der Waals surface area contributed by atoms with Crippen molar-refractivity contribution in [3.05, 3.63) is 177 Å². The molecule has 4 aromatic carbocycles. The Labute approximate surface area is 322 Å². The van der Waals surface area contributed by atoms with Crippen molar-refractivity contribution < 1.29 is 5.11 Å². The van der Waals surface area contributed by atoms with E-state index in [4.69, 9.17) is 6.58 Å². The van der Waals surface area contributed by atoms with Crippen LogP contribution in [0.25, 0.3) is 44.5 Å². The molecule has 0 radical (unpaired) electrons. The Balaban J connectivity index is 1.58. The summed E-state index contributed by atoms with van der Waals surface area (Å²) in [5, 5.41) is 18.5. The summed E-state index contributed by atoms with van der Waals surface area (Å²) < 4.78 is 2.18. The molecule has 1 unspecified atom stereocenters. The maximum Gasteiger partial charge on any atom is 0.141 e. The van der Waals surface area contributed by atoms with Gasteiger partial charge in [-0.1, -0.05) is 103 Å². The van der Waals surface area contributed by atoms with Crippen LogP contribution in [0.4, 0.5) is 11.4 Å². The maximum atomic E-state index is 11.6. The molecule has 1 atom stereocenters. The summed E-state index contributed by atoms with van der Waals surface area (Å²) in [6, 6.07) is 25.7. The molecule has 1 heterocycles. The van der Waals surface area contributed by atoms with E-state index in [9.17, 15) is 5.11 Å². The summed E-state index contributed by atoms with van der Waals surface area (Å²) in [6.07, 6.45) is 16.4. The molecule has 272 valence electrons. The number of aliphatic hydroxyl groups excluding tert-OH is 1. The van der Waals surface area contributed by atoms with Crippen molar-refractivity contribution in [3.63, 3.8) is 0 Å². The van der Waals surface area contributed by atoms with Crippen LogP contribution in [-0.2, 0) is 7.05 Å². The number of hydrogen-bond donors (Lipinski definition) is 2. The number of aromatic nitrogens is 1. The van der Waals surface area contributed by atoms with E-state index in [1.54, 1.807) is 0 Å². The Morgan fingerprint density at radius 2 is 1.61 bits per heavy atom. The summed E-state index contributed by atoms with van der Waals surface area (Å²) >= 11 is 0. The number of allylic oxidation sites excluding steroid dienone is 9. The number of hydrogen-bond acceptors (Lipinski definition) is 2. The predicted octanol–water partition coefficient (Wildman–Crippen LogP) is 11.2. The number of nitrogens with one attached hydrogen (secondary N) is 1. The molecule has 4 heteroatoms. The van der Waals surface area contributed by atoms with Crippen LogP contribution in [0.3, 0.4) is 0 Å². The number of rotatable bonds is 9. The normalized spacial score (nSPS) is 15.3. The molecule has 3 nitrogen and oxygen atoms in total. The van der Waals surface area contributed by atoms with Crippen molar-refractivity contribution in [2.45, 2.75) is 60.8 Å². The SMILES string of the molecule is B/C=C(C)/C(O)=c1\c(=C(C)C)c2c(C)c(C(/C=C\C)=C/C(=C)c3c(Nc4cccc(-c5ccccc5)c4)cccc3C3C=CC=CC3)c(C)c(C)c2n1C. The zero-order valence-electron chi connectivity index (χ0n) is 33.4. The third-order valence-corrected chi connectivity index (χ3v) is 11.0. The van der Waals surface area contributed by atoms with E-state index in [0.717, 1.165) is 56.2 Å². The fourth-order valence-corrected chi connectivity index (χ4v) is 8.14. The quantitative estimate of drug-likeness (QED) is 0.118. The van der Waals surface area contributed by atoms with Gasteiger partial charge >= 0.3 is 0 Å². The average Bonchev–Trinajstić information content (AvgIpc) is 3.50. The molecule has 0 fully saturated rings. The van der Waals surface area contributed by atoms with Gasteiger partial charge in [-0.3, -0.25) is 0 Å². The molecule has 0 bridgehead atoms. The van der Waals surface area contributed by atoms with E-state index >= 15 is 0 Å². The topological polar surface area (TPSA) is 37.2 Å². The highest BCUT2D eigenvalue weighted by atomic mass is 16.3. The molecule has 6 rings (SSSR count). The van der Waals surface area contributed by atoms with Gasteiger partial charge in [0, 0.05) is 40.5 Å². The number of fused-ring (bicyclic) bond motifs is 1. The van der Waals surface area contributed by atoms with Gasteiger partial charge in [0.1, 0.15) is 13.6 Å². The number of aliphatic hydroxyl groups is 1. The van der Waals surface area contributed by atoms with Crippen LogP contribution in [0.2, 0.25) is 0 Å². The van der Waals surface area contributed by atoms with Crippen LogP contribution in [0.15, 0.2) is 133 Å². The van der Waals surface area contributed by atoms with E-state index in [2.05, 4.69) is 174 Å². The van der Waals surface area contributed by atoms with Crippen molar-refractivity contribution in [2.24, 2.45) is 7.05 Å². The fraction of sp³-hybridized carbons (Fsp3) is 0.200. The van der Waals surface area contributed by atoms with Crippen LogP contribution in [0.1, 0.15) is 73.4 Å². The smallest absolute Gasteiger partial charge is 0.141 e. The van der Waals surface area contributed by atoms with Crippen molar-refractivity contribution >= 4 is 52.6 Å². The Morgan fingerprint density at radius 3 is 2.28 bits per heavy atom. The van der Waals surface area contributed by atoms with E-state index < -0.39 is 0 Å². The number of nitrogens with zero attached hydrogens (tertiary/aromatic N) is 1. The van der Waals surface area contributed by atoms with E-state index in [-0.39, 0.29) is 5.92 Å². The second-order valence-electron chi connectivity index (χ2n) is 14.7. The van der Waals surface area contributed by atoms with Crippen LogP contribution >= 0.6 is 0 Å². The lowest BCUT2D eigenvalue weighted by atomic mass is 9.84. The maximum absolute atomic E-state index is 11.6. The molecule has 1 aromatic heterocycles. The minimum Gasteiger partial charge on any atom is -0.506 e. The van der Waals surface area contributed by atoms with Crippen LogP contribution < -0.4 is 15.9 Å². The average molecular weight is 709 g/mol.